The van der Waals surface area contributed by atoms with Gasteiger partial charge in [-0.05, 0) is 13.8 Å². The van der Waals surface area contributed by atoms with Crippen LogP contribution in [0.2, 0.25) is 0 Å². The number of halogens is 3. The number of hydrogen-bond acceptors (Lipinski definition) is 4. The van der Waals surface area contributed by atoms with Crippen molar-refractivity contribution in [2.45, 2.75) is 32.0 Å². The predicted molar refractivity (Wildman–Crippen MR) is 63.1 cm³/mol. The first-order valence-corrected chi connectivity index (χ1v) is 5.77. The average Bonchev–Trinajstić information content (AvgIpc) is 2.56. The molecule has 0 aromatic heterocycles. The van der Waals surface area contributed by atoms with Gasteiger partial charge >= 0.3 is 11.9 Å². The Labute approximate surface area is 112 Å². The van der Waals surface area contributed by atoms with Gasteiger partial charge in [0.05, 0.1) is 4.92 Å². The van der Waals surface area contributed by atoms with E-state index < -0.39 is 34.7 Å². The molecule has 2 rings (SSSR count). The van der Waals surface area contributed by atoms with E-state index in [1.54, 1.807) is 13.8 Å². The van der Waals surface area contributed by atoms with Crippen LogP contribution in [0, 0.1) is 10.1 Å². The Balaban J connectivity index is 2.34. The number of benzene rings is 1. The van der Waals surface area contributed by atoms with E-state index in [1.165, 1.54) is 6.07 Å². The van der Waals surface area contributed by atoms with E-state index in [0.717, 1.165) is 6.07 Å². The minimum Gasteiger partial charge on any atom is -0.487 e. The lowest BCUT2D eigenvalue weighted by atomic mass is 10.0. The summed E-state index contributed by atoms with van der Waals surface area (Å²) in [4.78, 5) is 10.1. The molecule has 8 heteroatoms. The fourth-order valence-electron chi connectivity index (χ4n) is 2.04. The minimum atomic E-state index is -4.56. The Morgan fingerprint density at radius 1 is 1.45 bits per heavy atom. The van der Waals surface area contributed by atoms with Crippen molar-refractivity contribution >= 4 is 5.69 Å². The molecule has 110 valence electrons. The molecule has 0 N–H and O–H groups in total. The van der Waals surface area contributed by atoms with E-state index in [4.69, 9.17) is 4.74 Å². The molecule has 0 unspecified atom stereocenters. The van der Waals surface area contributed by atoms with E-state index in [9.17, 15) is 23.3 Å². The van der Waals surface area contributed by atoms with Crippen LogP contribution in [-0.2, 0) is 6.42 Å². The van der Waals surface area contributed by atoms with Crippen molar-refractivity contribution in [3.05, 3.63) is 27.8 Å². The van der Waals surface area contributed by atoms with Crippen molar-refractivity contribution < 1.29 is 27.6 Å². The molecule has 0 saturated heterocycles. The van der Waals surface area contributed by atoms with E-state index in [2.05, 4.69) is 4.74 Å². The third-order valence-electron chi connectivity index (χ3n) is 2.73. The van der Waals surface area contributed by atoms with Crippen LogP contribution in [0.1, 0.15) is 19.4 Å². The zero-order valence-corrected chi connectivity index (χ0v) is 10.8. The second kappa shape index (κ2) is 4.53. The topological polar surface area (TPSA) is 61.6 Å². The largest absolute Gasteiger partial charge is 0.487 e. The molecule has 1 aliphatic heterocycles. The zero-order valence-electron chi connectivity index (χ0n) is 10.8. The highest BCUT2D eigenvalue weighted by molar-refractivity contribution is 5.56. The smallest absolute Gasteiger partial charge is 0.422 e. The first-order chi connectivity index (χ1) is 9.07. The van der Waals surface area contributed by atoms with Gasteiger partial charge in [0.15, 0.2) is 6.61 Å². The third-order valence-corrected chi connectivity index (χ3v) is 2.73. The van der Waals surface area contributed by atoms with Crippen molar-refractivity contribution in [2.75, 3.05) is 6.61 Å². The summed E-state index contributed by atoms with van der Waals surface area (Å²) in [6.07, 6.45) is -4.12. The Morgan fingerprint density at radius 2 is 2.10 bits per heavy atom. The molecule has 0 atom stereocenters. The number of ether oxygens (including phenoxy) is 2. The van der Waals surface area contributed by atoms with Crippen molar-refractivity contribution in [1.29, 1.82) is 0 Å². The standard InChI is InChI=1S/C12H12F3NO4/c1-11(2)5-7-3-8(16(17)18)10(4-9(7)20-11)19-6-12(13,14)15/h3-4H,5-6H2,1-2H3. The van der Waals surface area contributed by atoms with Crippen LogP contribution in [0.5, 0.6) is 11.5 Å². The van der Waals surface area contributed by atoms with E-state index in [0.29, 0.717) is 17.7 Å². The molecule has 1 heterocycles. The Morgan fingerprint density at radius 3 is 2.65 bits per heavy atom. The number of nitro groups is 1. The highest BCUT2D eigenvalue weighted by atomic mass is 19.4. The summed E-state index contributed by atoms with van der Waals surface area (Å²) < 4.78 is 46.5. The van der Waals surface area contributed by atoms with E-state index in [-0.39, 0.29) is 0 Å². The summed E-state index contributed by atoms with van der Waals surface area (Å²) in [5.74, 6) is -0.124. The second-order valence-electron chi connectivity index (χ2n) is 5.13. The summed E-state index contributed by atoms with van der Waals surface area (Å²) >= 11 is 0. The van der Waals surface area contributed by atoms with Crippen LogP contribution in [-0.4, -0.2) is 23.3 Å². The second-order valence-corrected chi connectivity index (χ2v) is 5.13. The molecule has 20 heavy (non-hydrogen) atoms. The minimum absolute atomic E-state index is 0.317. The molecule has 0 radical (unpaired) electrons. The van der Waals surface area contributed by atoms with Gasteiger partial charge < -0.3 is 9.47 Å². The van der Waals surface area contributed by atoms with Gasteiger partial charge in [-0.1, -0.05) is 0 Å². The van der Waals surface area contributed by atoms with E-state index in [1.807, 2.05) is 0 Å². The van der Waals surface area contributed by atoms with Crippen molar-refractivity contribution in [2.24, 2.45) is 0 Å². The van der Waals surface area contributed by atoms with Crippen LogP contribution in [0.4, 0.5) is 18.9 Å². The molecule has 1 aromatic carbocycles. The SMILES string of the molecule is CC1(C)Cc2cc([N+](=O)[O-])c(OCC(F)(F)F)cc2O1. The molecule has 1 aromatic rings. The summed E-state index contributed by atoms with van der Waals surface area (Å²) in [6, 6.07) is 2.35. The van der Waals surface area contributed by atoms with Gasteiger partial charge in [0.2, 0.25) is 5.75 Å². The molecule has 1 aliphatic rings. The Kier molecular flexibility index (Phi) is 3.27. The number of alkyl halides is 3. The summed E-state index contributed by atoms with van der Waals surface area (Å²) in [5.41, 5.74) is -0.450. The fourth-order valence-corrected chi connectivity index (χ4v) is 2.04. The maximum Gasteiger partial charge on any atom is 0.422 e. The lowest BCUT2D eigenvalue weighted by Crippen LogP contribution is -2.24. The van der Waals surface area contributed by atoms with Crippen LogP contribution in [0.25, 0.3) is 0 Å². The molecular weight excluding hydrogens is 279 g/mol. The number of hydrogen-bond donors (Lipinski definition) is 0. The molecule has 0 spiro atoms. The van der Waals surface area contributed by atoms with Crippen molar-refractivity contribution in [3.8, 4) is 11.5 Å². The van der Waals surface area contributed by atoms with Crippen LogP contribution in [0.3, 0.4) is 0 Å². The summed E-state index contributed by atoms with van der Waals surface area (Å²) in [6.45, 7) is 1.99. The highest BCUT2D eigenvalue weighted by Crippen LogP contribution is 2.42. The number of nitrogens with zero attached hydrogens (tertiary/aromatic N) is 1. The quantitative estimate of drug-likeness (QED) is 0.633. The molecule has 0 bridgehead atoms. The molecule has 5 nitrogen and oxygen atoms in total. The van der Waals surface area contributed by atoms with Gasteiger partial charge in [0, 0.05) is 24.1 Å². The first kappa shape index (κ1) is 14.4. The maximum absolute atomic E-state index is 12.1. The Bertz CT molecular complexity index is 554. The third kappa shape index (κ3) is 3.12. The normalized spacial score (nSPS) is 16.4. The lowest BCUT2D eigenvalue weighted by molar-refractivity contribution is -0.386. The van der Waals surface area contributed by atoms with Crippen LogP contribution >= 0.6 is 0 Å². The van der Waals surface area contributed by atoms with Gasteiger partial charge in [-0.3, -0.25) is 10.1 Å². The van der Waals surface area contributed by atoms with Gasteiger partial charge in [-0.2, -0.15) is 13.2 Å². The van der Waals surface area contributed by atoms with Crippen molar-refractivity contribution in [3.63, 3.8) is 0 Å². The molecule has 0 fully saturated rings. The van der Waals surface area contributed by atoms with Gasteiger partial charge in [0.25, 0.3) is 0 Å². The number of fused-ring (bicyclic) bond motifs is 1. The number of rotatable bonds is 3. The predicted octanol–water partition coefficient (Wildman–Crippen LogP) is 3.25. The maximum atomic E-state index is 12.1. The lowest BCUT2D eigenvalue weighted by Gasteiger charge is -2.17. The van der Waals surface area contributed by atoms with Gasteiger partial charge in [-0.25, -0.2) is 0 Å². The van der Waals surface area contributed by atoms with Crippen LogP contribution in [0.15, 0.2) is 12.1 Å². The average molecular weight is 291 g/mol. The first-order valence-electron chi connectivity index (χ1n) is 5.77. The van der Waals surface area contributed by atoms with E-state index >= 15 is 0 Å². The molecule has 0 amide bonds. The summed E-state index contributed by atoms with van der Waals surface area (Å²) in [7, 11) is 0. The van der Waals surface area contributed by atoms with Crippen LogP contribution < -0.4 is 9.47 Å². The molecular formula is C12H12F3NO4. The van der Waals surface area contributed by atoms with Crippen molar-refractivity contribution in [1.82, 2.24) is 0 Å². The molecule has 0 aliphatic carbocycles. The fraction of sp³-hybridized carbons (Fsp3) is 0.500. The van der Waals surface area contributed by atoms with Gasteiger partial charge in [0.1, 0.15) is 11.4 Å². The van der Waals surface area contributed by atoms with Gasteiger partial charge in [-0.15, -0.1) is 0 Å². The summed E-state index contributed by atoms with van der Waals surface area (Å²) in [5, 5.41) is 10.9. The Hall–Kier alpha value is -1.99. The monoisotopic (exact) mass is 291 g/mol. The molecule has 0 saturated carbocycles. The highest BCUT2D eigenvalue weighted by Gasteiger charge is 2.35. The zero-order chi connectivity index (χ0) is 15.1. The number of nitro benzene ring substituents is 1.